The van der Waals surface area contributed by atoms with Gasteiger partial charge >= 0.3 is 0 Å². The molecule has 0 fully saturated rings. The lowest BCUT2D eigenvalue weighted by Gasteiger charge is -2.13. The fourth-order valence-corrected chi connectivity index (χ4v) is 7.74. The van der Waals surface area contributed by atoms with E-state index in [2.05, 4.69) is 89.3 Å². The molecule has 8 rings (SSSR count). The number of nitrogens with zero attached hydrogens (tertiary/aromatic N) is 8. The van der Waals surface area contributed by atoms with Gasteiger partial charge in [0.25, 0.3) is 0 Å². The molecule has 2 aliphatic carbocycles. The van der Waals surface area contributed by atoms with Gasteiger partial charge < -0.3 is 11.1 Å². The van der Waals surface area contributed by atoms with Crippen LogP contribution in [0.15, 0.2) is 83.0 Å². The molecule has 0 radical (unpaired) electrons. The molecule has 0 saturated carbocycles. The smallest absolute Gasteiger partial charge is 0.225 e. The van der Waals surface area contributed by atoms with E-state index in [0.29, 0.717) is 48.9 Å². The van der Waals surface area contributed by atoms with Gasteiger partial charge in [-0.05, 0) is 71.0 Å². The predicted octanol–water partition coefficient (Wildman–Crippen LogP) is 7.89. The number of nitrogens with one attached hydrogen (secondary N) is 1. The molecule has 0 amide bonds. The van der Waals surface area contributed by atoms with E-state index in [0.717, 1.165) is 73.6 Å². The van der Waals surface area contributed by atoms with Crippen LogP contribution in [0, 0.1) is 0 Å². The molecule has 2 aromatic carbocycles. The van der Waals surface area contributed by atoms with Crippen molar-refractivity contribution in [2.75, 3.05) is 18.4 Å². The van der Waals surface area contributed by atoms with Crippen molar-refractivity contribution in [3.05, 3.63) is 122 Å². The molecule has 284 valence electrons. The fraction of sp³-hybridized carbons (Fsp3) is 0.300. The number of anilines is 1. The molecule has 4 aromatic heterocycles. The Labute approximate surface area is 340 Å². The van der Waals surface area contributed by atoms with Gasteiger partial charge in [0.1, 0.15) is 0 Å². The molecule has 2 unspecified atom stereocenters. The maximum Gasteiger partial charge on any atom is 0.225 e. The van der Waals surface area contributed by atoms with Gasteiger partial charge in [-0.2, -0.15) is 20.2 Å². The highest BCUT2D eigenvalue weighted by Gasteiger charge is 2.36. The van der Waals surface area contributed by atoms with Crippen molar-refractivity contribution in [1.82, 2.24) is 39.5 Å². The molecule has 15 heteroatoms. The van der Waals surface area contributed by atoms with Crippen molar-refractivity contribution in [2.24, 2.45) is 5.73 Å². The summed E-state index contributed by atoms with van der Waals surface area (Å²) in [5.74, 6) is -0.0647. The SMILES string of the molecule is C=CCN.C=CCNc1nc(C2C(=O)Cc3ccc(Br)cc32)c2cn(CCC)nc2n1.CCCn1cc2c(C3C(=O)Cc4ccc(Br)cc43)nc(Cl)nc2n1. The lowest BCUT2D eigenvalue weighted by molar-refractivity contribution is -0.119. The molecule has 6 aromatic rings. The number of benzene rings is 2. The monoisotopic (exact) mass is 886 g/mol. The minimum Gasteiger partial charge on any atom is -0.351 e. The van der Waals surface area contributed by atoms with Gasteiger partial charge in [-0.15, -0.1) is 13.2 Å². The van der Waals surface area contributed by atoms with Crippen LogP contribution in [0.2, 0.25) is 5.28 Å². The number of halogens is 3. The van der Waals surface area contributed by atoms with E-state index >= 15 is 0 Å². The molecule has 0 bridgehead atoms. The first kappa shape index (κ1) is 40.0. The summed E-state index contributed by atoms with van der Waals surface area (Å²) < 4.78 is 5.61. The highest BCUT2D eigenvalue weighted by Crippen LogP contribution is 2.40. The summed E-state index contributed by atoms with van der Waals surface area (Å²) in [6.45, 7) is 14.0. The summed E-state index contributed by atoms with van der Waals surface area (Å²) in [5, 5.41) is 13.9. The van der Waals surface area contributed by atoms with E-state index in [9.17, 15) is 9.59 Å². The van der Waals surface area contributed by atoms with Crippen LogP contribution in [0.4, 0.5) is 5.95 Å². The largest absolute Gasteiger partial charge is 0.351 e. The van der Waals surface area contributed by atoms with Crippen molar-refractivity contribution in [3.8, 4) is 0 Å². The molecule has 12 nitrogen and oxygen atoms in total. The Morgan fingerprint density at radius 1 is 0.800 bits per heavy atom. The van der Waals surface area contributed by atoms with E-state index in [-0.39, 0.29) is 16.9 Å². The summed E-state index contributed by atoms with van der Waals surface area (Å²) >= 11 is 13.1. The Morgan fingerprint density at radius 3 is 1.76 bits per heavy atom. The van der Waals surface area contributed by atoms with Crippen LogP contribution in [-0.2, 0) is 35.5 Å². The van der Waals surface area contributed by atoms with E-state index in [1.165, 1.54) is 0 Å². The number of aromatic nitrogens is 8. The van der Waals surface area contributed by atoms with Gasteiger partial charge in [0.2, 0.25) is 11.2 Å². The van der Waals surface area contributed by atoms with Crippen LogP contribution in [-0.4, -0.2) is 64.2 Å². The van der Waals surface area contributed by atoms with Gasteiger partial charge in [-0.3, -0.25) is 19.0 Å². The van der Waals surface area contributed by atoms with Crippen LogP contribution in [0.25, 0.3) is 22.1 Å². The van der Waals surface area contributed by atoms with Crippen molar-refractivity contribution in [1.29, 1.82) is 0 Å². The summed E-state index contributed by atoms with van der Waals surface area (Å²) in [4.78, 5) is 43.4. The van der Waals surface area contributed by atoms with Crippen molar-refractivity contribution < 1.29 is 9.59 Å². The average Bonchev–Trinajstić information content (AvgIpc) is 3.92. The number of hydrogen-bond donors (Lipinski definition) is 2. The summed E-state index contributed by atoms with van der Waals surface area (Å²) in [6, 6.07) is 11.9. The van der Waals surface area contributed by atoms with E-state index in [4.69, 9.17) is 22.3 Å². The Balaban J connectivity index is 0.000000172. The second-order valence-corrected chi connectivity index (χ2v) is 15.3. The first-order chi connectivity index (χ1) is 26.6. The normalized spacial score (nSPS) is 15.6. The van der Waals surface area contributed by atoms with Crippen LogP contribution in [0.3, 0.4) is 0 Å². The highest BCUT2D eigenvalue weighted by molar-refractivity contribution is 9.10. The zero-order chi connectivity index (χ0) is 39.2. The number of aryl methyl sites for hydroxylation is 2. The van der Waals surface area contributed by atoms with Gasteiger partial charge in [0, 0.05) is 60.4 Å². The maximum absolute atomic E-state index is 12.9. The number of carbonyl (C=O) groups is 2. The minimum absolute atomic E-state index is 0.121. The highest BCUT2D eigenvalue weighted by atomic mass is 79.9. The van der Waals surface area contributed by atoms with Crippen molar-refractivity contribution >= 4 is 83.0 Å². The Morgan fingerprint density at radius 2 is 1.29 bits per heavy atom. The molecule has 0 spiro atoms. The minimum atomic E-state index is -0.417. The molecule has 2 atom stereocenters. The number of Topliss-reactive ketones (excluding diaryl/α,β-unsaturated/α-hetero) is 2. The Bertz CT molecular complexity index is 2410. The third kappa shape index (κ3) is 8.77. The zero-order valence-corrected chi connectivity index (χ0v) is 34.5. The summed E-state index contributed by atoms with van der Waals surface area (Å²) in [6.07, 6.45) is 10.0. The second kappa shape index (κ2) is 17.9. The van der Waals surface area contributed by atoms with E-state index in [1.807, 2.05) is 58.2 Å². The fourth-order valence-electron chi connectivity index (χ4n) is 6.81. The standard InChI is InChI=1S/C20H20BrN5O.C17H14BrClN4O.C3H7N/c1-3-7-22-20-23-18(15-11-26(8-4-2)25-19(15)24-20)17-14-10-13(21)6-5-12(14)9-16(17)27;1-2-5-23-8-12-15(20-17(19)21-16(12)22-23)14-11-7-10(18)4-3-9(11)6-13(14)24;1-2-3-4/h3,5-6,10-11,17H,1,4,7-9H2,2H3,(H,22,24,25);3-4,7-8,14H,2,5-6H2,1H3;2H,1,3-4H2. The molecular formula is C40H41Br2ClN10O2. The molecule has 3 N–H and O–H groups in total. The van der Waals surface area contributed by atoms with Crippen molar-refractivity contribution in [2.45, 2.75) is 64.5 Å². The number of carbonyl (C=O) groups excluding carboxylic acids is 2. The third-order valence-electron chi connectivity index (χ3n) is 9.12. The van der Waals surface area contributed by atoms with E-state index < -0.39 is 11.8 Å². The van der Waals surface area contributed by atoms with Gasteiger partial charge in [0.05, 0.1) is 34.0 Å². The van der Waals surface area contributed by atoms with Gasteiger partial charge in [-0.25, -0.2) is 9.97 Å². The third-order valence-corrected chi connectivity index (χ3v) is 10.3. The van der Waals surface area contributed by atoms with Gasteiger partial charge in [0.15, 0.2) is 22.9 Å². The first-order valence-corrected chi connectivity index (χ1v) is 20.0. The quantitative estimate of drug-likeness (QED) is 0.102. The molecule has 2 aliphatic rings. The average molecular weight is 889 g/mol. The van der Waals surface area contributed by atoms with Gasteiger partial charge in [-0.1, -0.05) is 70.0 Å². The Kier molecular flexibility index (Phi) is 13.0. The van der Waals surface area contributed by atoms with Crippen LogP contribution in [0.1, 0.15) is 72.2 Å². The summed E-state index contributed by atoms with van der Waals surface area (Å²) in [5.41, 5.74) is 11.5. The first-order valence-electron chi connectivity index (χ1n) is 18.0. The number of ketones is 2. The maximum atomic E-state index is 12.9. The molecular weight excluding hydrogens is 848 g/mol. The van der Waals surface area contributed by atoms with E-state index in [1.54, 1.807) is 12.2 Å². The predicted molar refractivity (Wildman–Crippen MR) is 224 cm³/mol. The van der Waals surface area contributed by atoms with Crippen molar-refractivity contribution in [3.63, 3.8) is 0 Å². The number of rotatable bonds is 10. The van der Waals surface area contributed by atoms with Crippen LogP contribution in [0.5, 0.6) is 0 Å². The van der Waals surface area contributed by atoms with Crippen LogP contribution >= 0.6 is 43.5 Å². The Hall–Kier alpha value is -4.63. The zero-order valence-electron chi connectivity index (χ0n) is 30.6. The molecule has 0 aliphatic heterocycles. The summed E-state index contributed by atoms with van der Waals surface area (Å²) in [7, 11) is 0. The lowest BCUT2D eigenvalue weighted by atomic mass is 9.95. The second-order valence-electron chi connectivity index (χ2n) is 13.1. The van der Waals surface area contributed by atoms with Crippen LogP contribution < -0.4 is 11.1 Å². The number of fused-ring (bicyclic) bond motifs is 4. The molecule has 0 saturated heterocycles. The number of hydrogen-bond acceptors (Lipinski definition) is 10. The molecule has 4 heterocycles. The topological polar surface area (TPSA) is 159 Å². The molecule has 55 heavy (non-hydrogen) atoms. The number of nitrogens with two attached hydrogens (primary N) is 1. The lowest BCUT2D eigenvalue weighted by Crippen LogP contribution is -2.13.